The van der Waals surface area contributed by atoms with Gasteiger partial charge in [0, 0.05) is 25.3 Å². The number of nitrogens with one attached hydrogen (secondary N) is 1. The fraction of sp³-hybridized carbons (Fsp3) is 0.300. The lowest BCUT2D eigenvalue weighted by Gasteiger charge is -2.30. The number of carbonyl (C=O) groups is 1. The van der Waals surface area contributed by atoms with Crippen LogP contribution in [0.4, 0.5) is 5.13 Å². The van der Waals surface area contributed by atoms with Crippen molar-refractivity contribution in [3.05, 3.63) is 48.5 Å². The van der Waals surface area contributed by atoms with Crippen LogP contribution in [-0.4, -0.2) is 51.4 Å². The molecular formula is C20H21N3O5S3. The van der Waals surface area contributed by atoms with E-state index < -0.39 is 19.9 Å². The molecule has 11 heteroatoms. The van der Waals surface area contributed by atoms with Gasteiger partial charge in [-0.1, -0.05) is 29.5 Å². The zero-order valence-corrected chi connectivity index (χ0v) is 19.1. The number of carbonyl (C=O) groups excluding carboxylic acids is 1. The molecule has 0 unspecified atom stereocenters. The quantitative estimate of drug-likeness (QED) is 0.602. The monoisotopic (exact) mass is 479 g/mol. The molecule has 8 nitrogen and oxygen atoms in total. The maximum atomic E-state index is 13.0. The highest BCUT2D eigenvalue weighted by molar-refractivity contribution is 7.91. The zero-order valence-electron chi connectivity index (χ0n) is 16.7. The Bertz CT molecular complexity index is 1310. The lowest BCUT2D eigenvalue weighted by Crippen LogP contribution is -2.41. The maximum absolute atomic E-state index is 13.0. The van der Waals surface area contributed by atoms with E-state index in [4.69, 9.17) is 0 Å². The number of benzene rings is 2. The molecule has 1 saturated heterocycles. The highest BCUT2D eigenvalue weighted by atomic mass is 32.2. The van der Waals surface area contributed by atoms with Gasteiger partial charge >= 0.3 is 0 Å². The lowest BCUT2D eigenvalue weighted by atomic mass is 9.97. The van der Waals surface area contributed by atoms with Gasteiger partial charge < -0.3 is 5.32 Å². The number of hydrogen-bond donors (Lipinski definition) is 1. The van der Waals surface area contributed by atoms with Crippen molar-refractivity contribution in [3.63, 3.8) is 0 Å². The van der Waals surface area contributed by atoms with Crippen molar-refractivity contribution in [3.8, 4) is 0 Å². The summed E-state index contributed by atoms with van der Waals surface area (Å²) in [4.78, 5) is 16.9. The smallest absolute Gasteiger partial charge is 0.243 e. The summed E-state index contributed by atoms with van der Waals surface area (Å²) in [7, 11) is -7.36. The minimum Gasteiger partial charge on any atom is -0.302 e. The van der Waals surface area contributed by atoms with Gasteiger partial charge in [0.25, 0.3) is 0 Å². The van der Waals surface area contributed by atoms with E-state index in [-0.39, 0.29) is 34.7 Å². The number of nitrogens with zero attached hydrogens (tertiary/aromatic N) is 2. The molecule has 1 fully saturated rings. The van der Waals surface area contributed by atoms with Crippen LogP contribution in [0.2, 0.25) is 0 Å². The number of para-hydroxylation sites is 1. The van der Waals surface area contributed by atoms with E-state index in [2.05, 4.69) is 10.3 Å². The molecule has 2 heterocycles. The third-order valence-corrected chi connectivity index (χ3v) is 9.18. The standard InChI is InChI=1S/C20H21N3O5S3/c1-30(25,26)15-5-4-6-16(13-15)31(27,28)23-11-9-14(10-12-23)19(24)22-20-21-17-7-2-3-8-18(17)29-20/h2-8,13-14H,9-12H2,1H3,(H,21,22,24). The molecule has 1 aromatic heterocycles. The van der Waals surface area contributed by atoms with Gasteiger partial charge in [-0.3, -0.25) is 4.79 Å². The molecule has 0 spiro atoms. The van der Waals surface area contributed by atoms with Crippen LogP contribution in [0.3, 0.4) is 0 Å². The Hall–Kier alpha value is -2.34. The number of aromatic nitrogens is 1. The molecule has 0 radical (unpaired) electrons. The average Bonchev–Trinajstić information content (AvgIpc) is 3.15. The molecule has 2 aromatic carbocycles. The van der Waals surface area contributed by atoms with Gasteiger partial charge in [-0.15, -0.1) is 0 Å². The molecule has 1 aliphatic rings. The Kier molecular flexibility index (Phi) is 5.86. The van der Waals surface area contributed by atoms with Crippen LogP contribution >= 0.6 is 11.3 Å². The van der Waals surface area contributed by atoms with E-state index in [1.54, 1.807) is 0 Å². The second-order valence-corrected chi connectivity index (χ2v) is 12.4. The second-order valence-electron chi connectivity index (χ2n) is 7.40. The molecule has 3 aromatic rings. The van der Waals surface area contributed by atoms with Crippen LogP contribution in [0, 0.1) is 5.92 Å². The van der Waals surface area contributed by atoms with E-state index in [9.17, 15) is 21.6 Å². The zero-order chi connectivity index (χ0) is 22.2. The van der Waals surface area contributed by atoms with E-state index in [0.29, 0.717) is 18.0 Å². The Balaban J connectivity index is 1.42. The normalized spacial score (nSPS) is 16.4. The first-order chi connectivity index (χ1) is 14.6. The number of sulfonamides is 1. The van der Waals surface area contributed by atoms with Gasteiger partial charge in [0.2, 0.25) is 15.9 Å². The summed E-state index contributed by atoms with van der Waals surface area (Å²) in [6.07, 6.45) is 1.79. The van der Waals surface area contributed by atoms with Gasteiger partial charge in [-0.2, -0.15) is 4.31 Å². The van der Waals surface area contributed by atoms with E-state index >= 15 is 0 Å². The van der Waals surface area contributed by atoms with E-state index in [0.717, 1.165) is 16.5 Å². The van der Waals surface area contributed by atoms with Crippen molar-refractivity contribution in [2.75, 3.05) is 24.7 Å². The van der Waals surface area contributed by atoms with Crippen molar-refractivity contribution >= 4 is 52.5 Å². The highest BCUT2D eigenvalue weighted by Crippen LogP contribution is 2.28. The molecule has 4 rings (SSSR count). The molecule has 1 aliphatic heterocycles. The Morgan fingerprint density at radius 3 is 2.39 bits per heavy atom. The molecule has 1 amide bonds. The summed E-state index contributed by atoms with van der Waals surface area (Å²) < 4.78 is 51.7. The number of hydrogen-bond acceptors (Lipinski definition) is 7. The number of sulfone groups is 1. The fourth-order valence-electron chi connectivity index (χ4n) is 3.51. The third-order valence-electron chi connectivity index (χ3n) is 5.22. The minimum absolute atomic E-state index is 0.0429. The summed E-state index contributed by atoms with van der Waals surface area (Å²) in [6, 6.07) is 13.0. The summed E-state index contributed by atoms with van der Waals surface area (Å²) in [5.74, 6) is -0.490. The van der Waals surface area contributed by atoms with Crippen LogP contribution in [0.25, 0.3) is 10.2 Å². The largest absolute Gasteiger partial charge is 0.302 e. The first-order valence-electron chi connectivity index (χ1n) is 9.61. The number of rotatable bonds is 5. The van der Waals surface area contributed by atoms with Gasteiger partial charge in [0.05, 0.1) is 20.0 Å². The van der Waals surface area contributed by atoms with Crippen molar-refractivity contribution < 1.29 is 21.6 Å². The van der Waals surface area contributed by atoms with Gasteiger partial charge in [-0.25, -0.2) is 21.8 Å². The van der Waals surface area contributed by atoms with E-state index in [1.165, 1.54) is 39.9 Å². The van der Waals surface area contributed by atoms with Crippen LogP contribution < -0.4 is 5.32 Å². The number of piperidine rings is 1. The van der Waals surface area contributed by atoms with Crippen LogP contribution in [0.5, 0.6) is 0 Å². The average molecular weight is 480 g/mol. The van der Waals surface area contributed by atoms with Crippen LogP contribution in [0.15, 0.2) is 58.3 Å². The summed E-state index contributed by atoms with van der Waals surface area (Å²) in [5, 5.41) is 3.37. The molecule has 0 bridgehead atoms. The van der Waals surface area contributed by atoms with Crippen molar-refractivity contribution in [1.29, 1.82) is 0 Å². The Morgan fingerprint density at radius 1 is 1.03 bits per heavy atom. The number of amides is 1. The first-order valence-corrected chi connectivity index (χ1v) is 13.8. The highest BCUT2D eigenvalue weighted by Gasteiger charge is 2.32. The molecular weight excluding hydrogens is 458 g/mol. The van der Waals surface area contributed by atoms with E-state index in [1.807, 2.05) is 24.3 Å². The molecule has 164 valence electrons. The number of anilines is 1. The van der Waals surface area contributed by atoms with Crippen molar-refractivity contribution in [1.82, 2.24) is 9.29 Å². The number of fused-ring (bicyclic) bond motifs is 1. The first kappa shape index (κ1) is 21.9. The fourth-order valence-corrected chi connectivity index (χ4v) is 6.63. The van der Waals surface area contributed by atoms with Gasteiger partial charge in [0.1, 0.15) is 0 Å². The summed E-state index contributed by atoms with van der Waals surface area (Å²) >= 11 is 1.40. The summed E-state index contributed by atoms with van der Waals surface area (Å²) in [6.45, 7) is 0.368. The topological polar surface area (TPSA) is 114 Å². The predicted molar refractivity (Wildman–Crippen MR) is 119 cm³/mol. The predicted octanol–water partition coefficient (Wildman–Crippen LogP) is 2.74. The molecule has 0 aliphatic carbocycles. The molecule has 1 N–H and O–H groups in total. The van der Waals surface area contributed by atoms with Gasteiger partial charge in [-0.05, 0) is 43.2 Å². The van der Waals surface area contributed by atoms with Crippen LogP contribution in [0.1, 0.15) is 12.8 Å². The maximum Gasteiger partial charge on any atom is 0.243 e. The molecule has 0 atom stereocenters. The minimum atomic E-state index is -3.84. The summed E-state index contributed by atoms with van der Waals surface area (Å²) in [5.41, 5.74) is 0.819. The SMILES string of the molecule is CS(=O)(=O)c1cccc(S(=O)(=O)N2CCC(C(=O)Nc3nc4ccccc4s3)CC2)c1. The second kappa shape index (κ2) is 8.30. The van der Waals surface area contributed by atoms with Crippen LogP contribution in [-0.2, 0) is 24.7 Å². The Morgan fingerprint density at radius 2 is 1.71 bits per heavy atom. The van der Waals surface area contributed by atoms with Crippen molar-refractivity contribution in [2.45, 2.75) is 22.6 Å². The third kappa shape index (κ3) is 4.64. The molecule has 0 saturated carbocycles. The lowest BCUT2D eigenvalue weighted by molar-refractivity contribution is -0.120. The number of thiazole rings is 1. The van der Waals surface area contributed by atoms with Crippen molar-refractivity contribution in [2.24, 2.45) is 5.92 Å². The van der Waals surface area contributed by atoms with Gasteiger partial charge in [0.15, 0.2) is 15.0 Å². The molecule has 31 heavy (non-hydrogen) atoms. The Labute approximate surface area is 184 Å².